The van der Waals surface area contributed by atoms with E-state index in [9.17, 15) is 4.79 Å². The van der Waals surface area contributed by atoms with Crippen LogP contribution in [0.4, 0.5) is 10.6 Å². The molecule has 4 rings (SSSR count). The molecule has 0 bridgehead atoms. The van der Waals surface area contributed by atoms with E-state index in [-0.39, 0.29) is 12.1 Å². The zero-order valence-corrected chi connectivity index (χ0v) is 15.4. The molecule has 0 atom stereocenters. The quantitative estimate of drug-likeness (QED) is 0.887. The van der Waals surface area contributed by atoms with Crippen molar-refractivity contribution < 1.29 is 4.79 Å². The summed E-state index contributed by atoms with van der Waals surface area (Å²) < 4.78 is 1.89. The van der Waals surface area contributed by atoms with E-state index in [2.05, 4.69) is 31.7 Å². The van der Waals surface area contributed by atoms with Crippen molar-refractivity contribution in [2.75, 3.05) is 18.0 Å². The van der Waals surface area contributed by atoms with E-state index in [1.807, 2.05) is 17.6 Å². The number of anilines is 1. The maximum Gasteiger partial charge on any atom is 0.315 e. The zero-order chi connectivity index (χ0) is 17.9. The highest BCUT2D eigenvalue weighted by molar-refractivity contribution is 5.74. The van der Waals surface area contributed by atoms with Gasteiger partial charge in [-0.1, -0.05) is 19.3 Å². The molecule has 0 spiro atoms. The molecule has 1 aliphatic heterocycles. The topological polar surface area (TPSA) is 74.6 Å². The molecule has 140 valence electrons. The van der Waals surface area contributed by atoms with E-state index in [1.54, 1.807) is 6.20 Å². The van der Waals surface area contributed by atoms with Crippen LogP contribution >= 0.6 is 0 Å². The van der Waals surface area contributed by atoms with E-state index in [0.717, 1.165) is 55.8 Å². The van der Waals surface area contributed by atoms with Crippen LogP contribution < -0.4 is 15.5 Å². The maximum atomic E-state index is 12.2. The number of hydrogen-bond donors (Lipinski definition) is 2. The number of amides is 2. The van der Waals surface area contributed by atoms with Gasteiger partial charge >= 0.3 is 6.03 Å². The number of aryl methyl sites for hydroxylation is 1. The number of rotatable bonds is 3. The fraction of sp³-hybridized carbons (Fsp3) is 0.632. The fourth-order valence-electron chi connectivity index (χ4n) is 4.17. The number of hydrogen-bond acceptors (Lipinski definition) is 4. The van der Waals surface area contributed by atoms with Crippen LogP contribution in [0.3, 0.4) is 0 Å². The van der Waals surface area contributed by atoms with Gasteiger partial charge < -0.3 is 15.5 Å². The first-order valence-corrected chi connectivity index (χ1v) is 9.82. The maximum absolute atomic E-state index is 12.2. The standard InChI is InChI=1S/C19H28N6O/c1-14-13-17-18(20-9-12-25(17)23-14)24-10-7-16(8-11-24)22-19(26)21-15-5-3-2-4-6-15/h9,12-13,15-16H,2-8,10-11H2,1H3,(H2,21,22,26). The van der Waals surface area contributed by atoms with Crippen molar-refractivity contribution in [2.24, 2.45) is 0 Å². The van der Waals surface area contributed by atoms with Crippen LogP contribution in [0.2, 0.25) is 0 Å². The van der Waals surface area contributed by atoms with Gasteiger partial charge in [0.25, 0.3) is 0 Å². The molecule has 1 saturated heterocycles. The molecule has 0 aromatic carbocycles. The number of nitrogens with one attached hydrogen (secondary N) is 2. The number of aromatic nitrogens is 3. The first-order valence-electron chi connectivity index (χ1n) is 9.82. The largest absolute Gasteiger partial charge is 0.355 e. The molecule has 7 heteroatoms. The summed E-state index contributed by atoms with van der Waals surface area (Å²) in [4.78, 5) is 19.1. The van der Waals surface area contributed by atoms with Crippen LogP contribution in [0.15, 0.2) is 18.5 Å². The molecule has 2 aromatic heterocycles. The molecule has 0 radical (unpaired) electrons. The Morgan fingerprint density at radius 3 is 2.50 bits per heavy atom. The minimum absolute atomic E-state index is 0.00184. The number of carbonyl (C=O) groups is 1. The fourth-order valence-corrected chi connectivity index (χ4v) is 4.17. The zero-order valence-electron chi connectivity index (χ0n) is 15.4. The highest BCUT2D eigenvalue weighted by Crippen LogP contribution is 2.23. The summed E-state index contributed by atoms with van der Waals surface area (Å²) in [5.41, 5.74) is 2.04. The van der Waals surface area contributed by atoms with E-state index in [0.29, 0.717) is 6.04 Å². The van der Waals surface area contributed by atoms with Crippen LogP contribution in [-0.4, -0.2) is 45.8 Å². The second kappa shape index (κ2) is 7.51. The SMILES string of the molecule is Cc1cc2c(N3CCC(NC(=O)NC4CCCCC4)CC3)nccn2n1. The minimum Gasteiger partial charge on any atom is -0.355 e. The van der Waals surface area contributed by atoms with Crippen LogP contribution in [0.25, 0.3) is 5.52 Å². The molecule has 26 heavy (non-hydrogen) atoms. The van der Waals surface area contributed by atoms with Crippen molar-refractivity contribution in [2.45, 2.75) is 64.0 Å². The van der Waals surface area contributed by atoms with Gasteiger partial charge in [0.1, 0.15) is 5.52 Å². The first kappa shape index (κ1) is 17.1. The van der Waals surface area contributed by atoms with Gasteiger partial charge in [0.05, 0.1) is 5.69 Å². The van der Waals surface area contributed by atoms with E-state index in [1.165, 1.54) is 19.3 Å². The molecular weight excluding hydrogens is 328 g/mol. The number of piperidine rings is 1. The van der Waals surface area contributed by atoms with Crippen molar-refractivity contribution in [1.29, 1.82) is 0 Å². The van der Waals surface area contributed by atoms with Gasteiger partial charge in [-0.05, 0) is 38.7 Å². The van der Waals surface area contributed by atoms with E-state index < -0.39 is 0 Å². The lowest BCUT2D eigenvalue weighted by Gasteiger charge is -2.33. The summed E-state index contributed by atoms with van der Waals surface area (Å²) in [6.07, 6.45) is 11.6. The van der Waals surface area contributed by atoms with Gasteiger partial charge in [-0.3, -0.25) is 0 Å². The normalized spacial score (nSPS) is 19.7. The van der Waals surface area contributed by atoms with Crippen molar-refractivity contribution in [3.63, 3.8) is 0 Å². The van der Waals surface area contributed by atoms with Crippen molar-refractivity contribution in [3.8, 4) is 0 Å². The third-order valence-electron chi connectivity index (χ3n) is 5.56. The van der Waals surface area contributed by atoms with Crippen LogP contribution in [0.5, 0.6) is 0 Å². The van der Waals surface area contributed by atoms with Crippen molar-refractivity contribution in [3.05, 3.63) is 24.2 Å². The van der Waals surface area contributed by atoms with Gasteiger partial charge in [0.2, 0.25) is 0 Å². The minimum atomic E-state index is 0.00184. The molecule has 2 fully saturated rings. The van der Waals surface area contributed by atoms with Gasteiger partial charge in [0.15, 0.2) is 5.82 Å². The second-order valence-corrected chi connectivity index (χ2v) is 7.58. The lowest BCUT2D eigenvalue weighted by molar-refractivity contribution is 0.226. The Hall–Kier alpha value is -2.31. The van der Waals surface area contributed by atoms with E-state index >= 15 is 0 Å². The number of urea groups is 1. The Labute approximate surface area is 154 Å². The molecule has 1 aliphatic carbocycles. The third kappa shape index (κ3) is 3.76. The number of fused-ring (bicyclic) bond motifs is 1. The summed E-state index contributed by atoms with van der Waals surface area (Å²) in [6, 6.07) is 2.67. The lowest BCUT2D eigenvalue weighted by atomic mass is 9.96. The predicted octanol–water partition coefficient (Wildman–Crippen LogP) is 2.64. The Kier molecular flexibility index (Phi) is 4.95. The molecule has 3 heterocycles. The molecule has 2 amide bonds. The summed E-state index contributed by atoms with van der Waals surface area (Å²) in [5.74, 6) is 0.984. The first-order chi connectivity index (χ1) is 12.7. The summed E-state index contributed by atoms with van der Waals surface area (Å²) in [5, 5.41) is 10.8. The summed E-state index contributed by atoms with van der Waals surface area (Å²) in [7, 11) is 0. The monoisotopic (exact) mass is 356 g/mol. The second-order valence-electron chi connectivity index (χ2n) is 7.58. The van der Waals surface area contributed by atoms with Crippen molar-refractivity contribution >= 4 is 17.4 Å². The Morgan fingerprint density at radius 2 is 1.77 bits per heavy atom. The predicted molar refractivity (Wildman–Crippen MR) is 101 cm³/mol. The number of nitrogens with zero attached hydrogens (tertiary/aromatic N) is 4. The molecule has 2 aromatic rings. The van der Waals surface area contributed by atoms with Gasteiger partial charge in [-0.25, -0.2) is 14.3 Å². The number of carbonyl (C=O) groups excluding carboxylic acids is 1. The van der Waals surface area contributed by atoms with Crippen LogP contribution in [0.1, 0.15) is 50.6 Å². The lowest BCUT2D eigenvalue weighted by Crippen LogP contribution is -2.50. The van der Waals surface area contributed by atoms with Gasteiger partial charge in [-0.15, -0.1) is 0 Å². The third-order valence-corrected chi connectivity index (χ3v) is 5.56. The molecule has 7 nitrogen and oxygen atoms in total. The molecule has 2 aliphatic rings. The average Bonchev–Trinajstić information content (AvgIpc) is 3.03. The van der Waals surface area contributed by atoms with Crippen molar-refractivity contribution in [1.82, 2.24) is 25.2 Å². The summed E-state index contributed by atoms with van der Waals surface area (Å²) >= 11 is 0. The van der Waals surface area contributed by atoms with E-state index in [4.69, 9.17) is 0 Å². The average molecular weight is 356 g/mol. The molecule has 0 unspecified atom stereocenters. The Morgan fingerprint density at radius 1 is 1.08 bits per heavy atom. The highest BCUT2D eigenvalue weighted by atomic mass is 16.2. The highest BCUT2D eigenvalue weighted by Gasteiger charge is 2.24. The summed E-state index contributed by atoms with van der Waals surface area (Å²) in [6.45, 7) is 3.79. The molecular formula is C19H28N6O. The smallest absolute Gasteiger partial charge is 0.315 e. The molecule has 2 N–H and O–H groups in total. The van der Waals surface area contributed by atoms with Gasteiger partial charge in [0, 0.05) is 37.6 Å². The Balaban J connectivity index is 1.31. The molecule has 1 saturated carbocycles. The van der Waals surface area contributed by atoms with Crippen LogP contribution in [-0.2, 0) is 0 Å². The van der Waals surface area contributed by atoms with Gasteiger partial charge in [-0.2, -0.15) is 5.10 Å². The Bertz CT molecular complexity index is 758. The van der Waals surface area contributed by atoms with Crippen LogP contribution in [0, 0.1) is 6.92 Å².